The van der Waals surface area contributed by atoms with Crippen LogP contribution in [0.25, 0.3) is 0 Å². The standard InChI is InChI=1S/C10H14N2O3/c1-10(2)6-3-4-12-7(5-14-9(12)13)8(6)11-15-10/h6-7H,3-5H2,1-2H3/t6-,7-/m0/s1. The van der Waals surface area contributed by atoms with Crippen molar-refractivity contribution in [3.8, 4) is 0 Å². The Hall–Kier alpha value is -1.26. The summed E-state index contributed by atoms with van der Waals surface area (Å²) in [6.07, 6.45) is 0.697. The van der Waals surface area contributed by atoms with Crippen LogP contribution < -0.4 is 0 Å². The molecule has 0 bridgehead atoms. The van der Waals surface area contributed by atoms with Crippen molar-refractivity contribution in [1.29, 1.82) is 0 Å². The van der Waals surface area contributed by atoms with Gasteiger partial charge in [-0.2, -0.15) is 0 Å². The van der Waals surface area contributed by atoms with Gasteiger partial charge in [0.25, 0.3) is 0 Å². The zero-order valence-electron chi connectivity index (χ0n) is 8.90. The topological polar surface area (TPSA) is 51.1 Å². The Morgan fingerprint density at radius 1 is 1.53 bits per heavy atom. The number of oxime groups is 1. The molecule has 0 N–H and O–H groups in total. The van der Waals surface area contributed by atoms with Gasteiger partial charge in [-0.25, -0.2) is 4.79 Å². The first-order valence-corrected chi connectivity index (χ1v) is 5.29. The van der Waals surface area contributed by atoms with E-state index in [2.05, 4.69) is 5.16 Å². The van der Waals surface area contributed by atoms with Gasteiger partial charge in [-0.05, 0) is 20.3 Å². The smallest absolute Gasteiger partial charge is 0.410 e. The fourth-order valence-electron chi connectivity index (χ4n) is 2.65. The number of piperidine rings is 1. The zero-order valence-corrected chi connectivity index (χ0v) is 8.90. The summed E-state index contributed by atoms with van der Waals surface area (Å²) in [4.78, 5) is 18.5. The molecule has 0 aromatic heterocycles. The predicted molar refractivity (Wildman–Crippen MR) is 52.5 cm³/mol. The van der Waals surface area contributed by atoms with Crippen LogP contribution in [0.5, 0.6) is 0 Å². The lowest BCUT2D eigenvalue weighted by molar-refractivity contribution is -0.0179. The minimum atomic E-state index is -0.229. The van der Waals surface area contributed by atoms with Crippen LogP contribution in [0, 0.1) is 5.92 Å². The number of amides is 1. The van der Waals surface area contributed by atoms with E-state index in [0.29, 0.717) is 12.5 Å². The maximum atomic E-state index is 11.4. The molecule has 3 rings (SSSR count). The van der Waals surface area contributed by atoms with E-state index in [0.717, 1.165) is 18.7 Å². The number of rotatable bonds is 0. The molecule has 2 fully saturated rings. The lowest BCUT2D eigenvalue weighted by Crippen LogP contribution is -2.51. The summed E-state index contributed by atoms with van der Waals surface area (Å²) in [5, 5.41) is 4.13. The van der Waals surface area contributed by atoms with Crippen molar-refractivity contribution in [3.05, 3.63) is 0 Å². The van der Waals surface area contributed by atoms with Gasteiger partial charge in [-0.3, -0.25) is 4.90 Å². The molecule has 2 saturated heterocycles. The molecule has 3 heterocycles. The van der Waals surface area contributed by atoms with Crippen LogP contribution in [-0.4, -0.2) is 41.5 Å². The van der Waals surface area contributed by atoms with E-state index in [9.17, 15) is 4.79 Å². The monoisotopic (exact) mass is 210 g/mol. The van der Waals surface area contributed by atoms with Gasteiger partial charge in [-0.1, -0.05) is 5.16 Å². The quantitative estimate of drug-likeness (QED) is 0.599. The van der Waals surface area contributed by atoms with Crippen molar-refractivity contribution in [2.45, 2.75) is 31.9 Å². The first kappa shape index (κ1) is 9.00. The van der Waals surface area contributed by atoms with Crippen LogP contribution in [0.3, 0.4) is 0 Å². The summed E-state index contributed by atoms with van der Waals surface area (Å²) in [6, 6.07) is 0.0121. The van der Waals surface area contributed by atoms with Gasteiger partial charge in [0.15, 0.2) is 0 Å². The second kappa shape index (κ2) is 2.65. The highest BCUT2D eigenvalue weighted by atomic mass is 16.7. The molecule has 0 unspecified atom stereocenters. The molecule has 15 heavy (non-hydrogen) atoms. The third-order valence-corrected chi connectivity index (χ3v) is 3.56. The number of hydrogen-bond acceptors (Lipinski definition) is 4. The molecule has 0 saturated carbocycles. The first-order chi connectivity index (χ1) is 7.09. The Balaban J connectivity index is 1.92. The van der Waals surface area contributed by atoms with Crippen molar-refractivity contribution in [1.82, 2.24) is 4.90 Å². The van der Waals surface area contributed by atoms with Crippen molar-refractivity contribution < 1.29 is 14.4 Å². The number of carbonyl (C=O) groups excluding carboxylic acids is 1. The van der Waals surface area contributed by atoms with E-state index in [4.69, 9.17) is 9.57 Å². The van der Waals surface area contributed by atoms with Crippen molar-refractivity contribution in [3.63, 3.8) is 0 Å². The Morgan fingerprint density at radius 3 is 3.13 bits per heavy atom. The minimum Gasteiger partial charge on any atom is -0.447 e. The Labute approximate surface area is 88.0 Å². The summed E-state index contributed by atoms with van der Waals surface area (Å²) in [6.45, 7) is 5.26. The normalized spacial score (nSPS) is 36.5. The maximum Gasteiger partial charge on any atom is 0.410 e. The SMILES string of the molecule is CC1(C)ON=C2[C@@H]3COC(=O)N3CC[C@@H]21. The second-order valence-electron chi connectivity index (χ2n) is 4.84. The Bertz CT molecular complexity index is 351. The number of cyclic esters (lactones) is 1. The van der Waals surface area contributed by atoms with E-state index in [1.165, 1.54) is 0 Å². The molecule has 0 radical (unpaired) electrons. The van der Waals surface area contributed by atoms with Crippen LogP contribution in [0.15, 0.2) is 5.16 Å². The summed E-state index contributed by atoms with van der Waals surface area (Å²) in [5.41, 5.74) is 0.754. The van der Waals surface area contributed by atoms with Crippen molar-refractivity contribution in [2.24, 2.45) is 11.1 Å². The van der Waals surface area contributed by atoms with Gasteiger partial charge < -0.3 is 9.57 Å². The number of nitrogens with zero attached hydrogens (tertiary/aromatic N) is 2. The number of hydrogen-bond donors (Lipinski definition) is 0. The fraction of sp³-hybridized carbons (Fsp3) is 0.800. The van der Waals surface area contributed by atoms with Gasteiger partial charge in [0.2, 0.25) is 0 Å². The van der Waals surface area contributed by atoms with Gasteiger partial charge >= 0.3 is 6.09 Å². The van der Waals surface area contributed by atoms with Crippen LogP contribution in [0.1, 0.15) is 20.3 Å². The van der Waals surface area contributed by atoms with Gasteiger partial charge in [0.1, 0.15) is 18.2 Å². The molecular weight excluding hydrogens is 196 g/mol. The third kappa shape index (κ3) is 1.09. The summed E-state index contributed by atoms with van der Waals surface area (Å²) >= 11 is 0. The van der Waals surface area contributed by atoms with Crippen LogP contribution >= 0.6 is 0 Å². The molecule has 5 nitrogen and oxygen atoms in total. The van der Waals surface area contributed by atoms with Crippen molar-refractivity contribution >= 4 is 11.8 Å². The highest BCUT2D eigenvalue weighted by Gasteiger charge is 2.51. The van der Waals surface area contributed by atoms with E-state index in [1.807, 2.05) is 13.8 Å². The number of fused-ring (bicyclic) bond motifs is 3. The molecule has 2 atom stereocenters. The van der Waals surface area contributed by atoms with E-state index in [1.54, 1.807) is 4.90 Å². The number of carbonyl (C=O) groups is 1. The maximum absolute atomic E-state index is 11.4. The van der Waals surface area contributed by atoms with E-state index in [-0.39, 0.29) is 17.7 Å². The zero-order chi connectivity index (χ0) is 10.6. The molecule has 0 aliphatic carbocycles. The largest absolute Gasteiger partial charge is 0.447 e. The second-order valence-corrected chi connectivity index (χ2v) is 4.84. The summed E-state index contributed by atoms with van der Waals surface area (Å²) in [7, 11) is 0. The molecule has 5 heteroatoms. The fourth-order valence-corrected chi connectivity index (χ4v) is 2.65. The summed E-state index contributed by atoms with van der Waals surface area (Å²) in [5.74, 6) is 0.327. The highest BCUT2D eigenvalue weighted by molar-refractivity contribution is 5.97. The minimum absolute atomic E-state index is 0.0121. The molecular formula is C10H14N2O3. The first-order valence-electron chi connectivity index (χ1n) is 5.29. The Morgan fingerprint density at radius 2 is 2.33 bits per heavy atom. The van der Waals surface area contributed by atoms with Gasteiger partial charge in [0.05, 0.1) is 5.71 Å². The lowest BCUT2D eigenvalue weighted by Gasteiger charge is -2.34. The number of ether oxygens (including phenoxy) is 1. The molecule has 3 aliphatic heterocycles. The Kier molecular flexibility index (Phi) is 1.59. The molecule has 0 aromatic rings. The van der Waals surface area contributed by atoms with E-state index >= 15 is 0 Å². The predicted octanol–water partition coefficient (Wildman–Crippen LogP) is 0.992. The molecule has 82 valence electrons. The molecule has 0 spiro atoms. The van der Waals surface area contributed by atoms with Crippen LogP contribution in [0.2, 0.25) is 0 Å². The van der Waals surface area contributed by atoms with E-state index < -0.39 is 0 Å². The highest BCUT2D eigenvalue weighted by Crippen LogP contribution is 2.38. The molecule has 0 aromatic carbocycles. The van der Waals surface area contributed by atoms with Crippen LogP contribution in [0.4, 0.5) is 4.79 Å². The average Bonchev–Trinajstić information content (AvgIpc) is 2.70. The molecule has 3 aliphatic rings. The lowest BCUT2D eigenvalue weighted by atomic mass is 9.79. The molecule has 1 amide bonds. The average molecular weight is 210 g/mol. The van der Waals surface area contributed by atoms with Gasteiger partial charge in [-0.15, -0.1) is 0 Å². The van der Waals surface area contributed by atoms with Gasteiger partial charge in [0, 0.05) is 12.5 Å². The van der Waals surface area contributed by atoms with Crippen molar-refractivity contribution in [2.75, 3.05) is 13.2 Å². The third-order valence-electron chi connectivity index (χ3n) is 3.56. The van der Waals surface area contributed by atoms with Crippen LogP contribution in [-0.2, 0) is 9.57 Å². The summed E-state index contributed by atoms with van der Waals surface area (Å²) < 4.78 is 5.03.